The zero-order chi connectivity index (χ0) is 20.2. The SMILES string of the molecule is CN(CCNC(=O)c1ccc2c(=O)n3c(nc2c1)CCCCC3)C1CCCCC1. The number of nitrogens with zero attached hydrogens (tertiary/aromatic N) is 3. The van der Waals surface area contributed by atoms with Crippen LogP contribution in [0.4, 0.5) is 0 Å². The van der Waals surface area contributed by atoms with Gasteiger partial charge in [0.1, 0.15) is 5.82 Å². The average Bonchev–Trinajstić information content (AvgIpc) is 2.99. The lowest BCUT2D eigenvalue weighted by molar-refractivity contribution is 0.0944. The number of carbonyl (C=O) groups excluding carboxylic acids is 1. The summed E-state index contributed by atoms with van der Waals surface area (Å²) in [4.78, 5) is 32.6. The zero-order valence-electron chi connectivity index (χ0n) is 17.5. The van der Waals surface area contributed by atoms with Gasteiger partial charge in [0.25, 0.3) is 11.5 Å². The van der Waals surface area contributed by atoms with Gasteiger partial charge in [-0.05, 0) is 50.9 Å². The minimum absolute atomic E-state index is 0.0213. The number of fused-ring (bicyclic) bond motifs is 2. The maximum absolute atomic E-state index is 12.8. The van der Waals surface area contributed by atoms with Crippen molar-refractivity contribution in [2.45, 2.75) is 70.4 Å². The number of hydrogen-bond donors (Lipinski definition) is 1. The van der Waals surface area contributed by atoms with Crippen molar-refractivity contribution in [3.63, 3.8) is 0 Å². The van der Waals surface area contributed by atoms with Crippen molar-refractivity contribution in [2.75, 3.05) is 20.1 Å². The van der Waals surface area contributed by atoms with E-state index in [0.29, 0.717) is 29.1 Å². The molecule has 0 bridgehead atoms. The molecule has 1 aliphatic carbocycles. The van der Waals surface area contributed by atoms with Gasteiger partial charge in [0.2, 0.25) is 0 Å². The molecule has 1 aromatic heterocycles. The van der Waals surface area contributed by atoms with Crippen molar-refractivity contribution in [2.24, 2.45) is 0 Å². The molecule has 0 saturated heterocycles. The lowest BCUT2D eigenvalue weighted by Gasteiger charge is -2.31. The van der Waals surface area contributed by atoms with Gasteiger partial charge in [-0.15, -0.1) is 0 Å². The molecule has 1 amide bonds. The largest absolute Gasteiger partial charge is 0.351 e. The Hall–Kier alpha value is -2.21. The van der Waals surface area contributed by atoms with Gasteiger partial charge in [0, 0.05) is 37.7 Å². The Morgan fingerprint density at radius 2 is 1.97 bits per heavy atom. The second kappa shape index (κ2) is 9.08. The summed E-state index contributed by atoms with van der Waals surface area (Å²) in [6, 6.07) is 5.91. The van der Waals surface area contributed by atoms with Crippen LogP contribution in [0.15, 0.2) is 23.0 Å². The van der Waals surface area contributed by atoms with Crippen LogP contribution >= 0.6 is 0 Å². The topological polar surface area (TPSA) is 67.2 Å². The van der Waals surface area contributed by atoms with E-state index in [1.165, 1.54) is 32.1 Å². The van der Waals surface area contributed by atoms with E-state index < -0.39 is 0 Å². The molecule has 156 valence electrons. The predicted octanol–water partition coefficient (Wildman–Crippen LogP) is 3.12. The summed E-state index contributed by atoms with van der Waals surface area (Å²) in [6.07, 6.45) is 10.6. The van der Waals surface area contributed by atoms with Crippen LogP contribution in [0.3, 0.4) is 0 Å². The fourth-order valence-corrected chi connectivity index (χ4v) is 4.71. The number of nitrogens with one attached hydrogen (secondary N) is 1. The molecule has 0 atom stereocenters. The number of likely N-dealkylation sites (N-methyl/N-ethyl adjacent to an activating group) is 1. The first-order valence-corrected chi connectivity index (χ1v) is 11.2. The van der Waals surface area contributed by atoms with Crippen molar-refractivity contribution in [1.29, 1.82) is 0 Å². The molecule has 2 aliphatic rings. The van der Waals surface area contributed by atoms with E-state index in [1.54, 1.807) is 18.2 Å². The third-order valence-corrected chi connectivity index (χ3v) is 6.53. The van der Waals surface area contributed by atoms with Crippen LogP contribution in [0.1, 0.15) is 67.5 Å². The zero-order valence-corrected chi connectivity index (χ0v) is 17.5. The Morgan fingerprint density at radius 1 is 1.17 bits per heavy atom. The smallest absolute Gasteiger partial charge is 0.261 e. The molecule has 1 N–H and O–H groups in total. The third kappa shape index (κ3) is 4.53. The van der Waals surface area contributed by atoms with Gasteiger partial charge in [0.05, 0.1) is 10.9 Å². The predicted molar refractivity (Wildman–Crippen MR) is 115 cm³/mol. The van der Waals surface area contributed by atoms with Gasteiger partial charge in [-0.25, -0.2) is 4.98 Å². The highest BCUT2D eigenvalue weighted by Gasteiger charge is 2.18. The van der Waals surface area contributed by atoms with Crippen LogP contribution < -0.4 is 10.9 Å². The summed E-state index contributed by atoms with van der Waals surface area (Å²) < 4.78 is 1.82. The van der Waals surface area contributed by atoms with Crippen LogP contribution in [-0.2, 0) is 13.0 Å². The molecule has 0 radical (unpaired) electrons. The average molecular weight is 397 g/mol. The molecule has 1 aliphatic heterocycles. The Labute approximate surface area is 172 Å². The summed E-state index contributed by atoms with van der Waals surface area (Å²) >= 11 is 0. The number of amides is 1. The van der Waals surface area contributed by atoms with Crippen molar-refractivity contribution >= 4 is 16.8 Å². The molecule has 1 aromatic carbocycles. The normalized spacial score (nSPS) is 17.9. The highest BCUT2D eigenvalue weighted by molar-refractivity contribution is 5.97. The van der Waals surface area contributed by atoms with Crippen molar-refractivity contribution in [3.05, 3.63) is 39.9 Å². The lowest BCUT2D eigenvalue weighted by Crippen LogP contribution is -2.39. The van der Waals surface area contributed by atoms with E-state index in [1.807, 2.05) is 4.57 Å². The van der Waals surface area contributed by atoms with Crippen molar-refractivity contribution < 1.29 is 4.79 Å². The van der Waals surface area contributed by atoms with E-state index in [9.17, 15) is 9.59 Å². The Balaban J connectivity index is 1.43. The monoisotopic (exact) mass is 396 g/mol. The summed E-state index contributed by atoms with van der Waals surface area (Å²) in [7, 11) is 2.15. The summed E-state index contributed by atoms with van der Waals surface area (Å²) in [5.74, 6) is 0.757. The van der Waals surface area contributed by atoms with Crippen LogP contribution in [0.2, 0.25) is 0 Å². The van der Waals surface area contributed by atoms with Crippen molar-refractivity contribution in [1.82, 2.24) is 19.8 Å². The van der Waals surface area contributed by atoms with E-state index in [2.05, 4.69) is 17.3 Å². The molecule has 2 heterocycles. The van der Waals surface area contributed by atoms with E-state index in [4.69, 9.17) is 4.98 Å². The van der Waals surface area contributed by atoms with E-state index in [-0.39, 0.29) is 11.5 Å². The maximum atomic E-state index is 12.8. The molecule has 1 fully saturated rings. The number of rotatable bonds is 5. The molecule has 4 rings (SSSR count). The quantitative estimate of drug-likeness (QED) is 0.843. The number of benzene rings is 1. The number of aryl methyl sites for hydroxylation is 1. The maximum Gasteiger partial charge on any atom is 0.261 e. The van der Waals surface area contributed by atoms with Crippen LogP contribution in [0.5, 0.6) is 0 Å². The van der Waals surface area contributed by atoms with E-state index in [0.717, 1.165) is 44.6 Å². The summed E-state index contributed by atoms with van der Waals surface area (Å²) in [6.45, 7) is 2.23. The molecular weight excluding hydrogens is 364 g/mol. The Kier molecular flexibility index (Phi) is 6.28. The Bertz CT molecular complexity index is 930. The molecular formula is C23H32N4O2. The summed E-state index contributed by atoms with van der Waals surface area (Å²) in [5.41, 5.74) is 1.23. The van der Waals surface area contributed by atoms with Gasteiger partial charge in [-0.3, -0.25) is 14.2 Å². The van der Waals surface area contributed by atoms with Gasteiger partial charge in [0.15, 0.2) is 0 Å². The first-order valence-electron chi connectivity index (χ1n) is 11.2. The second-order valence-corrected chi connectivity index (χ2v) is 8.56. The van der Waals surface area contributed by atoms with Crippen LogP contribution in [0.25, 0.3) is 10.9 Å². The number of hydrogen-bond acceptors (Lipinski definition) is 4. The van der Waals surface area contributed by atoms with Crippen LogP contribution in [0, 0.1) is 0 Å². The minimum atomic E-state index is -0.0965. The molecule has 6 heteroatoms. The van der Waals surface area contributed by atoms with Crippen molar-refractivity contribution in [3.8, 4) is 0 Å². The summed E-state index contributed by atoms with van der Waals surface area (Å²) in [5, 5.41) is 3.63. The lowest BCUT2D eigenvalue weighted by atomic mass is 9.94. The standard InChI is InChI=1S/C23H32N4O2/c1-26(18-8-4-2-5-9-18)15-13-24-22(28)17-11-12-19-20(16-17)25-21-10-6-3-7-14-27(21)23(19)29/h11-12,16,18H,2-10,13-15H2,1H3,(H,24,28). The molecule has 6 nitrogen and oxygen atoms in total. The second-order valence-electron chi connectivity index (χ2n) is 8.56. The van der Waals surface area contributed by atoms with Gasteiger partial charge < -0.3 is 10.2 Å². The minimum Gasteiger partial charge on any atom is -0.351 e. The Morgan fingerprint density at radius 3 is 2.79 bits per heavy atom. The molecule has 29 heavy (non-hydrogen) atoms. The van der Waals surface area contributed by atoms with Crippen LogP contribution in [-0.4, -0.2) is 46.5 Å². The highest BCUT2D eigenvalue weighted by atomic mass is 16.1. The molecule has 2 aromatic rings. The third-order valence-electron chi connectivity index (χ3n) is 6.53. The molecule has 0 spiro atoms. The van der Waals surface area contributed by atoms with Gasteiger partial charge in [-0.2, -0.15) is 0 Å². The van der Waals surface area contributed by atoms with Gasteiger partial charge >= 0.3 is 0 Å². The van der Waals surface area contributed by atoms with E-state index >= 15 is 0 Å². The van der Waals surface area contributed by atoms with Gasteiger partial charge in [-0.1, -0.05) is 25.7 Å². The number of aromatic nitrogens is 2. The fourth-order valence-electron chi connectivity index (χ4n) is 4.71. The first-order chi connectivity index (χ1) is 14.1. The number of carbonyl (C=O) groups is 1. The molecule has 0 unspecified atom stereocenters. The first kappa shape index (κ1) is 20.1. The highest BCUT2D eigenvalue weighted by Crippen LogP contribution is 2.21. The molecule has 1 saturated carbocycles. The fraction of sp³-hybridized carbons (Fsp3) is 0.609.